The lowest BCUT2D eigenvalue weighted by Crippen LogP contribution is -2.22. The molecule has 0 radical (unpaired) electrons. The number of aryl methyl sites for hydroxylation is 1. The number of anilines is 1. The lowest BCUT2D eigenvalue weighted by molar-refractivity contribution is -0.125. The van der Waals surface area contributed by atoms with E-state index in [1.807, 2.05) is 24.4 Å². The third-order valence-corrected chi connectivity index (χ3v) is 6.56. The first kappa shape index (κ1) is 23.2. The maximum Gasteiger partial charge on any atom is 0.280 e. The maximum atomic E-state index is 12.7. The van der Waals surface area contributed by atoms with Gasteiger partial charge in [0.05, 0.1) is 27.4 Å². The molecule has 0 aliphatic heterocycles. The van der Waals surface area contributed by atoms with Gasteiger partial charge in [-0.2, -0.15) is 5.10 Å². The Morgan fingerprint density at radius 1 is 1.09 bits per heavy atom. The summed E-state index contributed by atoms with van der Waals surface area (Å²) in [6, 6.07) is 17.1. The summed E-state index contributed by atoms with van der Waals surface area (Å²) in [5, 5.41) is 9.70. The Bertz CT molecular complexity index is 1220. The SMILES string of the molecule is C/C(=N/OCC(=O)N/N=C\c1ccccc1NS(=O)(=O)c1ccc(C)cc1)c1cccs1. The molecule has 2 aromatic carbocycles. The topological polar surface area (TPSA) is 109 Å². The first-order valence-electron chi connectivity index (χ1n) is 9.56. The van der Waals surface area contributed by atoms with Crippen LogP contribution in [-0.4, -0.2) is 32.9 Å². The molecule has 166 valence electrons. The van der Waals surface area contributed by atoms with E-state index in [1.54, 1.807) is 43.3 Å². The molecule has 0 fully saturated rings. The van der Waals surface area contributed by atoms with Gasteiger partial charge in [0, 0.05) is 5.56 Å². The van der Waals surface area contributed by atoms with Crippen LogP contribution in [0.15, 0.2) is 81.2 Å². The predicted octanol–water partition coefficient (Wildman–Crippen LogP) is 3.75. The number of oxime groups is 1. The Morgan fingerprint density at radius 2 is 1.84 bits per heavy atom. The van der Waals surface area contributed by atoms with E-state index in [4.69, 9.17) is 4.84 Å². The van der Waals surface area contributed by atoms with Crippen molar-refractivity contribution >= 4 is 44.9 Å². The summed E-state index contributed by atoms with van der Waals surface area (Å²) in [4.78, 5) is 18.1. The molecule has 0 saturated heterocycles. The number of para-hydroxylation sites is 1. The standard InChI is InChI=1S/C22H22N4O4S2/c1-16-9-11-19(12-10-16)32(28,29)26-20-7-4-3-6-18(20)14-23-24-22(27)15-30-25-17(2)21-8-5-13-31-21/h3-14,26H,15H2,1-2H3,(H,24,27)/b23-14-,25-17-. The Hall–Kier alpha value is -3.50. The maximum absolute atomic E-state index is 12.7. The second-order valence-corrected chi connectivity index (χ2v) is 9.36. The molecular formula is C22H22N4O4S2. The zero-order valence-electron chi connectivity index (χ0n) is 17.5. The molecule has 0 saturated carbocycles. The molecule has 0 bridgehead atoms. The zero-order chi connectivity index (χ0) is 23.0. The molecule has 8 nitrogen and oxygen atoms in total. The van der Waals surface area contributed by atoms with Gasteiger partial charge in [0.25, 0.3) is 15.9 Å². The van der Waals surface area contributed by atoms with Crippen LogP contribution in [0.4, 0.5) is 5.69 Å². The molecule has 0 spiro atoms. The Morgan fingerprint density at radius 3 is 2.56 bits per heavy atom. The smallest absolute Gasteiger partial charge is 0.280 e. The van der Waals surface area contributed by atoms with Crippen LogP contribution in [0.5, 0.6) is 0 Å². The van der Waals surface area contributed by atoms with E-state index >= 15 is 0 Å². The normalized spacial score (nSPS) is 12.0. The third-order valence-electron chi connectivity index (χ3n) is 4.20. The summed E-state index contributed by atoms with van der Waals surface area (Å²) in [5.74, 6) is -0.498. The number of rotatable bonds is 9. The van der Waals surface area contributed by atoms with Gasteiger partial charge in [-0.1, -0.05) is 47.1 Å². The molecule has 3 rings (SSSR count). The van der Waals surface area contributed by atoms with Crippen molar-refractivity contribution in [2.24, 2.45) is 10.3 Å². The fourth-order valence-corrected chi connectivity index (χ4v) is 4.30. The minimum absolute atomic E-state index is 0.152. The van der Waals surface area contributed by atoms with E-state index in [2.05, 4.69) is 20.4 Å². The number of carbonyl (C=O) groups is 1. The molecule has 32 heavy (non-hydrogen) atoms. The van der Waals surface area contributed by atoms with Crippen molar-refractivity contribution in [2.75, 3.05) is 11.3 Å². The lowest BCUT2D eigenvalue weighted by Gasteiger charge is -2.10. The van der Waals surface area contributed by atoms with Gasteiger partial charge in [-0.15, -0.1) is 11.3 Å². The molecule has 0 aliphatic carbocycles. The number of carbonyl (C=O) groups excluding carboxylic acids is 1. The Kier molecular flexibility index (Phi) is 7.74. The monoisotopic (exact) mass is 470 g/mol. The first-order valence-corrected chi connectivity index (χ1v) is 11.9. The fraction of sp³-hybridized carbons (Fsp3) is 0.136. The molecule has 0 unspecified atom stereocenters. The zero-order valence-corrected chi connectivity index (χ0v) is 19.1. The van der Waals surface area contributed by atoms with Gasteiger partial charge in [-0.25, -0.2) is 13.8 Å². The number of hydrogen-bond acceptors (Lipinski definition) is 7. The molecule has 1 amide bonds. The van der Waals surface area contributed by atoms with Crippen molar-refractivity contribution < 1.29 is 18.0 Å². The Balaban J connectivity index is 1.59. The van der Waals surface area contributed by atoms with Crippen LogP contribution < -0.4 is 10.1 Å². The number of amides is 1. The number of sulfonamides is 1. The highest BCUT2D eigenvalue weighted by Crippen LogP contribution is 2.19. The minimum Gasteiger partial charge on any atom is -0.385 e. The van der Waals surface area contributed by atoms with Crippen molar-refractivity contribution in [1.82, 2.24) is 5.43 Å². The molecule has 10 heteroatoms. The van der Waals surface area contributed by atoms with E-state index in [9.17, 15) is 13.2 Å². The summed E-state index contributed by atoms with van der Waals surface area (Å²) >= 11 is 1.52. The predicted molar refractivity (Wildman–Crippen MR) is 127 cm³/mol. The number of thiophene rings is 1. The first-order chi connectivity index (χ1) is 15.3. The van der Waals surface area contributed by atoms with Crippen molar-refractivity contribution in [1.29, 1.82) is 0 Å². The largest absolute Gasteiger partial charge is 0.385 e. The van der Waals surface area contributed by atoms with Gasteiger partial charge >= 0.3 is 0 Å². The van der Waals surface area contributed by atoms with E-state index in [1.165, 1.54) is 29.7 Å². The molecule has 3 aromatic rings. The van der Waals surface area contributed by atoms with Crippen LogP contribution in [0.25, 0.3) is 0 Å². The third kappa shape index (κ3) is 6.50. The van der Waals surface area contributed by atoms with Crippen LogP contribution in [0.2, 0.25) is 0 Å². The van der Waals surface area contributed by atoms with Crippen LogP contribution in [0, 0.1) is 6.92 Å². The number of benzene rings is 2. The summed E-state index contributed by atoms with van der Waals surface area (Å²) < 4.78 is 27.9. The Labute approximate surface area is 190 Å². The highest BCUT2D eigenvalue weighted by molar-refractivity contribution is 7.92. The molecule has 1 aromatic heterocycles. The van der Waals surface area contributed by atoms with Gasteiger partial charge in [-0.05, 0) is 43.5 Å². The highest BCUT2D eigenvalue weighted by Gasteiger charge is 2.15. The van der Waals surface area contributed by atoms with E-state index < -0.39 is 15.9 Å². The summed E-state index contributed by atoms with van der Waals surface area (Å²) in [7, 11) is -3.77. The summed E-state index contributed by atoms with van der Waals surface area (Å²) in [5.41, 5.74) is 4.78. The number of hydrogen-bond donors (Lipinski definition) is 2. The second-order valence-electron chi connectivity index (χ2n) is 6.73. The second kappa shape index (κ2) is 10.7. The van der Waals surface area contributed by atoms with Gasteiger partial charge in [0.2, 0.25) is 0 Å². The summed E-state index contributed by atoms with van der Waals surface area (Å²) in [6.45, 7) is 3.37. The van der Waals surface area contributed by atoms with Gasteiger partial charge < -0.3 is 4.84 Å². The van der Waals surface area contributed by atoms with Crippen molar-refractivity contribution in [3.8, 4) is 0 Å². The average molecular weight is 471 g/mol. The quantitative estimate of drug-likeness (QED) is 0.367. The van der Waals surface area contributed by atoms with Gasteiger partial charge in [0.15, 0.2) is 6.61 Å². The van der Waals surface area contributed by atoms with Crippen LogP contribution in [0.3, 0.4) is 0 Å². The van der Waals surface area contributed by atoms with E-state index in [-0.39, 0.29) is 11.5 Å². The average Bonchev–Trinajstić information content (AvgIpc) is 3.30. The lowest BCUT2D eigenvalue weighted by atomic mass is 10.2. The van der Waals surface area contributed by atoms with Crippen LogP contribution in [0.1, 0.15) is 22.9 Å². The number of nitrogens with zero attached hydrogens (tertiary/aromatic N) is 2. The molecule has 1 heterocycles. The minimum atomic E-state index is -3.77. The molecular weight excluding hydrogens is 448 g/mol. The van der Waals surface area contributed by atoms with E-state index in [0.717, 1.165) is 10.4 Å². The molecule has 0 aliphatic rings. The van der Waals surface area contributed by atoms with Crippen LogP contribution in [-0.2, 0) is 19.7 Å². The number of hydrazone groups is 1. The molecule has 2 N–H and O–H groups in total. The number of nitrogens with one attached hydrogen (secondary N) is 2. The van der Waals surface area contributed by atoms with Crippen molar-refractivity contribution in [3.63, 3.8) is 0 Å². The summed E-state index contributed by atoms with van der Waals surface area (Å²) in [6.07, 6.45) is 1.35. The van der Waals surface area contributed by atoms with Gasteiger partial charge in [0.1, 0.15) is 0 Å². The van der Waals surface area contributed by atoms with Crippen molar-refractivity contribution in [2.45, 2.75) is 18.7 Å². The molecule has 0 atom stereocenters. The van der Waals surface area contributed by atoms with E-state index in [0.29, 0.717) is 17.0 Å². The van der Waals surface area contributed by atoms with Gasteiger partial charge in [-0.3, -0.25) is 9.52 Å². The highest BCUT2D eigenvalue weighted by atomic mass is 32.2. The fourth-order valence-electron chi connectivity index (χ4n) is 2.55. The van der Waals surface area contributed by atoms with Crippen LogP contribution >= 0.6 is 11.3 Å². The van der Waals surface area contributed by atoms with Crippen molar-refractivity contribution in [3.05, 3.63) is 82.0 Å².